The first-order valence-electron chi connectivity index (χ1n) is 7.32. The number of halogens is 2. The second kappa shape index (κ2) is 7.59. The van der Waals surface area contributed by atoms with Gasteiger partial charge >= 0.3 is 0 Å². The van der Waals surface area contributed by atoms with Crippen LogP contribution in [0.5, 0.6) is 0 Å². The molecule has 0 aromatic heterocycles. The van der Waals surface area contributed by atoms with Crippen molar-refractivity contribution in [2.75, 3.05) is 12.3 Å². The highest BCUT2D eigenvalue weighted by molar-refractivity contribution is 9.11. The Kier molecular flexibility index (Phi) is 5.79. The van der Waals surface area contributed by atoms with E-state index in [0.717, 1.165) is 35.3 Å². The maximum absolute atomic E-state index is 13.5. The lowest BCUT2D eigenvalue weighted by molar-refractivity contribution is 0.624. The summed E-state index contributed by atoms with van der Waals surface area (Å²) < 4.78 is 14.6. The van der Waals surface area contributed by atoms with Gasteiger partial charge in [-0.1, -0.05) is 35.7 Å². The molecule has 114 valence electrons. The van der Waals surface area contributed by atoms with Crippen molar-refractivity contribution in [2.24, 2.45) is 4.99 Å². The largest absolute Gasteiger partial charge is 0.398 e. The minimum Gasteiger partial charge on any atom is -0.398 e. The van der Waals surface area contributed by atoms with Gasteiger partial charge in [0.2, 0.25) is 0 Å². The minimum atomic E-state index is -0.268. The molecule has 0 saturated heterocycles. The maximum Gasteiger partial charge on any atom is 0.123 e. The molecule has 21 heavy (non-hydrogen) atoms. The number of aliphatic imine (C=N–C) groups is 1. The second-order valence-corrected chi connectivity index (χ2v) is 6.26. The van der Waals surface area contributed by atoms with E-state index >= 15 is 0 Å². The van der Waals surface area contributed by atoms with Crippen LogP contribution in [-0.4, -0.2) is 12.4 Å². The Bertz CT molecular complexity index is 554. The van der Waals surface area contributed by atoms with Crippen LogP contribution in [0.2, 0.25) is 0 Å². The first kappa shape index (κ1) is 16.0. The highest BCUT2D eigenvalue weighted by Gasteiger charge is 2.24. The molecule has 5 heteroatoms. The number of benzene rings is 1. The number of unbranched alkanes of at least 4 members (excludes halogenated alkanes) is 2. The van der Waals surface area contributed by atoms with Crippen LogP contribution in [0.3, 0.4) is 0 Å². The number of allylic oxidation sites excluding steroid dienone is 1. The van der Waals surface area contributed by atoms with E-state index in [4.69, 9.17) is 5.73 Å². The number of amidine groups is 1. The quantitative estimate of drug-likeness (QED) is 0.612. The fourth-order valence-electron chi connectivity index (χ4n) is 2.43. The van der Waals surface area contributed by atoms with E-state index in [1.807, 2.05) is 6.20 Å². The molecule has 0 radical (unpaired) electrons. The van der Waals surface area contributed by atoms with Gasteiger partial charge in [0, 0.05) is 28.8 Å². The van der Waals surface area contributed by atoms with Crippen LogP contribution in [-0.2, 0) is 0 Å². The summed E-state index contributed by atoms with van der Waals surface area (Å²) in [4.78, 5) is 4.65. The second-order valence-electron chi connectivity index (χ2n) is 5.24. The third kappa shape index (κ3) is 4.30. The summed E-state index contributed by atoms with van der Waals surface area (Å²) in [6.45, 7) is 2.95. The van der Waals surface area contributed by atoms with Crippen molar-refractivity contribution in [1.29, 1.82) is 0 Å². The van der Waals surface area contributed by atoms with Crippen molar-refractivity contribution < 1.29 is 4.39 Å². The normalized spacial score (nSPS) is 20.2. The van der Waals surface area contributed by atoms with Gasteiger partial charge in [0.25, 0.3) is 0 Å². The van der Waals surface area contributed by atoms with Crippen LogP contribution in [0.15, 0.2) is 33.9 Å². The van der Waals surface area contributed by atoms with Gasteiger partial charge in [-0.25, -0.2) is 4.39 Å². The summed E-state index contributed by atoms with van der Waals surface area (Å²) in [6, 6.07) is 4.51. The average Bonchev–Trinajstić information content (AvgIpc) is 2.47. The number of nitrogens with one attached hydrogen (secondary N) is 1. The lowest BCUT2D eigenvalue weighted by Gasteiger charge is -2.25. The number of rotatable bonds is 5. The Morgan fingerprint density at radius 1 is 1.43 bits per heavy atom. The number of nitrogens with two attached hydrogens (primary N) is 1. The van der Waals surface area contributed by atoms with Crippen molar-refractivity contribution >= 4 is 27.5 Å². The molecular weight excluding hydrogens is 333 g/mol. The zero-order chi connectivity index (χ0) is 15.2. The van der Waals surface area contributed by atoms with Crippen molar-refractivity contribution in [2.45, 2.75) is 38.5 Å². The molecule has 1 atom stereocenters. The lowest BCUT2D eigenvalue weighted by Crippen LogP contribution is -2.30. The molecule has 1 heterocycles. The highest BCUT2D eigenvalue weighted by Crippen LogP contribution is 2.33. The molecule has 0 saturated carbocycles. The maximum atomic E-state index is 13.5. The molecule has 0 bridgehead atoms. The zero-order valence-corrected chi connectivity index (χ0v) is 13.8. The zero-order valence-electron chi connectivity index (χ0n) is 12.2. The van der Waals surface area contributed by atoms with Crippen LogP contribution in [0, 0.1) is 5.82 Å². The van der Waals surface area contributed by atoms with Gasteiger partial charge in [0.15, 0.2) is 0 Å². The third-order valence-electron chi connectivity index (χ3n) is 3.57. The molecule has 2 rings (SSSR count). The molecule has 1 aromatic carbocycles. The van der Waals surface area contributed by atoms with Gasteiger partial charge in [0.05, 0.1) is 0 Å². The van der Waals surface area contributed by atoms with E-state index in [-0.39, 0.29) is 11.7 Å². The number of nitrogens with zero attached hydrogens (tertiary/aromatic N) is 1. The summed E-state index contributed by atoms with van der Waals surface area (Å²) in [5.41, 5.74) is 7.42. The van der Waals surface area contributed by atoms with Gasteiger partial charge in [-0.05, 0) is 36.6 Å². The molecule has 3 nitrogen and oxygen atoms in total. The van der Waals surface area contributed by atoms with E-state index < -0.39 is 0 Å². The van der Waals surface area contributed by atoms with Gasteiger partial charge in [-0.2, -0.15) is 0 Å². The summed E-state index contributed by atoms with van der Waals surface area (Å²) in [6.07, 6.45) is 6.04. The predicted octanol–water partition coefficient (Wildman–Crippen LogP) is 4.31. The first-order chi connectivity index (χ1) is 10.1. The average molecular weight is 354 g/mol. The third-order valence-corrected chi connectivity index (χ3v) is 4.13. The van der Waals surface area contributed by atoms with E-state index in [9.17, 15) is 4.39 Å². The van der Waals surface area contributed by atoms with Gasteiger partial charge in [-0.3, -0.25) is 4.99 Å². The van der Waals surface area contributed by atoms with E-state index in [2.05, 4.69) is 33.2 Å². The summed E-state index contributed by atoms with van der Waals surface area (Å²) in [7, 11) is 0. The van der Waals surface area contributed by atoms with Crippen molar-refractivity contribution in [3.05, 3.63) is 40.3 Å². The van der Waals surface area contributed by atoms with Gasteiger partial charge < -0.3 is 11.1 Å². The summed E-state index contributed by atoms with van der Waals surface area (Å²) in [5.74, 6) is 0.573. The molecule has 1 unspecified atom stereocenters. The Hall–Kier alpha value is -1.36. The lowest BCUT2D eigenvalue weighted by atomic mass is 9.91. The molecule has 1 aliphatic rings. The fourth-order valence-corrected chi connectivity index (χ4v) is 2.86. The van der Waals surface area contributed by atoms with E-state index in [0.29, 0.717) is 5.69 Å². The molecule has 0 amide bonds. The number of anilines is 1. The van der Waals surface area contributed by atoms with Gasteiger partial charge in [0.1, 0.15) is 11.7 Å². The molecule has 3 N–H and O–H groups in total. The fraction of sp³-hybridized carbons (Fsp3) is 0.438. The summed E-state index contributed by atoms with van der Waals surface area (Å²) in [5, 5.41) is 3.20. The molecule has 0 aliphatic carbocycles. The smallest absolute Gasteiger partial charge is 0.123 e. The van der Waals surface area contributed by atoms with Crippen LogP contribution in [0.1, 0.15) is 44.1 Å². The van der Waals surface area contributed by atoms with Crippen molar-refractivity contribution in [1.82, 2.24) is 5.32 Å². The SMILES string of the molecule is CCCCCN=C1NC=C(Br)CC1c1cc(F)ccc1N. The Labute approximate surface area is 133 Å². The number of hydrogen-bond acceptors (Lipinski definition) is 2. The Morgan fingerprint density at radius 2 is 2.24 bits per heavy atom. The van der Waals surface area contributed by atoms with Crippen molar-refractivity contribution in [3.8, 4) is 0 Å². The number of hydrogen-bond donors (Lipinski definition) is 2. The molecule has 0 fully saturated rings. The summed E-state index contributed by atoms with van der Waals surface area (Å²) >= 11 is 3.50. The van der Waals surface area contributed by atoms with Crippen LogP contribution < -0.4 is 11.1 Å². The first-order valence-corrected chi connectivity index (χ1v) is 8.11. The van der Waals surface area contributed by atoms with E-state index in [1.54, 1.807) is 6.07 Å². The number of nitrogen functional groups attached to an aromatic ring is 1. The van der Waals surface area contributed by atoms with Crippen LogP contribution >= 0.6 is 15.9 Å². The Morgan fingerprint density at radius 3 is 3.00 bits per heavy atom. The molecule has 1 aliphatic heterocycles. The van der Waals surface area contributed by atoms with Crippen LogP contribution in [0.25, 0.3) is 0 Å². The van der Waals surface area contributed by atoms with Crippen molar-refractivity contribution in [3.63, 3.8) is 0 Å². The Balaban J connectivity index is 2.24. The molecular formula is C16H21BrFN3. The topological polar surface area (TPSA) is 50.4 Å². The monoisotopic (exact) mass is 353 g/mol. The highest BCUT2D eigenvalue weighted by atomic mass is 79.9. The predicted molar refractivity (Wildman–Crippen MR) is 90.1 cm³/mol. The molecule has 0 spiro atoms. The molecule has 1 aromatic rings. The standard InChI is InChI=1S/C16H21BrFN3/c1-2-3-4-7-20-16-14(8-11(17)10-21-16)13-9-12(18)5-6-15(13)19/h5-6,9-10,14H,2-4,7-8,19H2,1H3,(H,20,21). The van der Waals surface area contributed by atoms with E-state index in [1.165, 1.54) is 25.0 Å². The minimum absolute atomic E-state index is 0.0262. The van der Waals surface area contributed by atoms with Gasteiger partial charge in [-0.15, -0.1) is 0 Å². The van der Waals surface area contributed by atoms with Crippen LogP contribution in [0.4, 0.5) is 10.1 Å².